The van der Waals surface area contributed by atoms with E-state index >= 15 is 0 Å². The van der Waals surface area contributed by atoms with Crippen LogP contribution >= 0.6 is 11.8 Å². The lowest BCUT2D eigenvalue weighted by molar-refractivity contribution is 0.0690. The van der Waals surface area contributed by atoms with Gasteiger partial charge in [-0.15, -0.1) is 11.8 Å². The normalized spacial score (nSPS) is 14.4. The molecule has 1 rings (SSSR count). The molecule has 0 saturated carbocycles. The number of thioether (sulfide) groups is 1. The van der Waals surface area contributed by atoms with Gasteiger partial charge in [0.1, 0.15) is 5.03 Å². The van der Waals surface area contributed by atoms with E-state index in [1.165, 1.54) is 17.8 Å². The first-order valence-electron chi connectivity index (χ1n) is 5.00. The number of aromatic nitrogens is 1. The topological polar surface area (TPSA) is 70.4 Å². The number of nitrogens with zero attached hydrogens (tertiary/aromatic N) is 1. The molecule has 0 aliphatic carbocycles. The minimum atomic E-state index is -0.994. The summed E-state index contributed by atoms with van der Waals surface area (Å²) in [6.07, 6.45) is 2.17. The van der Waals surface area contributed by atoms with E-state index in [2.05, 4.69) is 4.98 Å². The van der Waals surface area contributed by atoms with Crippen LogP contribution in [-0.4, -0.2) is 32.5 Å². The van der Waals surface area contributed by atoms with Gasteiger partial charge in [-0.05, 0) is 25.5 Å². The minimum absolute atomic E-state index is 0.180. The van der Waals surface area contributed by atoms with Gasteiger partial charge < -0.3 is 10.2 Å². The molecule has 1 heterocycles. The van der Waals surface area contributed by atoms with Crippen LogP contribution in [0.3, 0.4) is 0 Å². The van der Waals surface area contributed by atoms with E-state index in [1.54, 1.807) is 19.2 Å². The van der Waals surface area contributed by atoms with Crippen molar-refractivity contribution in [2.45, 2.75) is 30.9 Å². The Hall–Kier alpha value is -1.07. The maximum absolute atomic E-state index is 10.9. The number of aromatic carboxylic acids is 1. The quantitative estimate of drug-likeness (QED) is 0.772. The highest BCUT2D eigenvalue weighted by atomic mass is 32.2. The van der Waals surface area contributed by atoms with Crippen molar-refractivity contribution in [1.82, 2.24) is 4.98 Å². The SMILES string of the molecule is CCC(C)(O)CSc1ncccc1C(=O)O. The number of carboxylic acid groups (broad SMARTS) is 1. The predicted molar refractivity (Wildman–Crippen MR) is 62.8 cm³/mol. The molecule has 1 atom stereocenters. The highest BCUT2D eigenvalue weighted by molar-refractivity contribution is 7.99. The van der Waals surface area contributed by atoms with Crippen LogP contribution in [0.15, 0.2) is 23.4 Å². The van der Waals surface area contributed by atoms with Gasteiger partial charge in [0.25, 0.3) is 0 Å². The molecule has 5 heteroatoms. The Morgan fingerprint density at radius 3 is 2.88 bits per heavy atom. The summed E-state index contributed by atoms with van der Waals surface area (Å²) in [5, 5.41) is 19.2. The highest BCUT2D eigenvalue weighted by Crippen LogP contribution is 2.25. The van der Waals surface area contributed by atoms with E-state index < -0.39 is 11.6 Å². The molecule has 0 aliphatic rings. The zero-order valence-corrected chi connectivity index (χ0v) is 10.1. The Morgan fingerprint density at radius 1 is 1.62 bits per heavy atom. The predicted octanol–water partition coefficient (Wildman–Crippen LogP) is 2.03. The average Bonchev–Trinajstić information content (AvgIpc) is 2.27. The molecule has 0 radical (unpaired) electrons. The zero-order valence-electron chi connectivity index (χ0n) is 9.30. The van der Waals surface area contributed by atoms with Crippen molar-refractivity contribution in [3.05, 3.63) is 23.9 Å². The smallest absolute Gasteiger partial charge is 0.338 e. The maximum atomic E-state index is 10.9. The van der Waals surface area contributed by atoms with E-state index in [9.17, 15) is 9.90 Å². The molecule has 0 spiro atoms. The Balaban J connectivity index is 2.78. The molecular weight excluding hydrogens is 226 g/mol. The van der Waals surface area contributed by atoms with E-state index in [4.69, 9.17) is 5.11 Å². The average molecular weight is 241 g/mol. The fourth-order valence-electron chi connectivity index (χ4n) is 0.994. The van der Waals surface area contributed by atoms with Crippen LogP contribution in [-0.2, 0) is 0 Å². The van der Waals surface area contributed by atoms with Gasteiger partial charge in [-0.2, -0.15) is 0 Å². The van der Waals surface area contributed by atoms with E-state index in [0.29, 0.717) is 17.2 Å². The number of aliphatic hydroxyl groups is 1. The number of hydrogen-bond acceptors (Lipinski definition) is 4. The Bertz CT molecular complexity index is 379. The van der Waals surface area contributed by atoms with Crippen molar-refractivity contribution < 1.29 is 15.0 Å². The molecule has 1 aromatic rings. The van der Waals surface area contributed by atoms with Gasteiger partial charge >= 0.3 is 5.97 Å². The summed E-state index contributed by atoms with van der Waals surface area (Å²) in [6.45, 7) is 3.61. The van der Waals surface area contributed by atoms with E-state index in [-0.39, 0.29) is 5.56 Å². The molecule has 4 nitrogen and oxygen atoms in total. The Labute approximate surface area is 98.7 Å². The first-order valence-corrected chi connectivity index (χ1v) is 5.98. The van der Waals surface area contributed by atoms with Gasteiger partial charge in [-0.3, -0.25) is 0 Å². The number of hydrogen-bond donors (Lipinski definition) is 2. The van der Waals surface area contributed by atoms with Crippen LogP contribution in [0.5, 0.6) is 0 Å². The third kappa shape index (κ3) is 3.50. The van der Waals surface area contributed by atoms with Crippen molar-refractivity contribution in [2.24, 2.45) is 0 Å². The summed E-state index contributed by atoms with van der Waals surface area (Å²) >= 11 is 1.26. The maximum Gasteiger partial charge on any atom is 0.338 e. The molecule has 16 heavy (non-hydrogen) atoms. The molecular formula is C11H15NO3S. The molecule has 0 fully saturated rings. The minimum Gasteiger partial charge on any atom is -0.478 e. The summed E-state index contributed by atoms with van der Waals surface area (Å²) in [5.74, 6) is -0.562. The van der Waals surface area contributed by atoms with E-state index in [0.717, 1.165) is 0 Å². The molecule has 1 aromatic heterocycles. The Morgan fingerprint density at radius 2 is 2.31 bits per heavy atom. The van der Waals surface area contributed by atoms with Crippen molar-refractivity contribution in [2.75, 3.05) is 5.75 Å². The standard InChI is InChI=1S/C11H15NO3S/c1-3-11(2,15)7-16-9-8(10(13)14)5-4-6-12-9/h4-6,15H,3,7H2,1-2H3,(H,13,14). The fourth-order valence-corrected chi connectivity index (χ4v) is 2.09. The summed E-state index contributed by atoms with van der Waals surface area (Å²) in [5.41, 5.74) is -0.614. The third-order valence-electron chi connectivity index (χ3n) is 2.28. The van der Waals surface area contributed by atoms with Gasteiger partial charge in [0, 0.05) is 11.9 Å². The number of carboxylic acids is 1. The molecule has 0 aliphatic heterocycles. The van der Waals surface area contributed by atoms with Gasteiger partial charge in [-0.1, -0.05) is 6.92 Å². The lowest BCUT2D eigenvalue weighted by atomic mass is 10.1. The fraction of sp³-hybridized carbons (Fsp3) is 0.455. The monoisotopic (exact) mass is 241 g/mol. The zero-order chi connectivity index (χ0) is 12.2. The molecule has 0 amide bonds. The summed E-state index contributed by atoms with van der Waals surface area (Å²) in [7, 11) is 0. The van der Waals surface area contributed by atoms with Gasteiger partial charge in [0.05, 0.1) is 11.2 Å². The van der Waals surface area contributed by atoms with E-state index in [1.807, 2.05) is 6.92 Å². The van der Waals surface area contributed by atoms with Gasteiger partial charge in [-0.25, -0.2) is 9.78 Å². The number of rotatable bonds is 5. The lowest BCUT2D eigenvalue weighted by Gasteiger charge is -2.20. The first-order chi connectivity index (χ1) is 7.46. The number of pyridine rings is 1. The number of carbonyl (C=O) groups is 1. The van der Waals surface area contributed by atoms with Crippen LogP contribution in [0.1, 0.15) is 30.6 Å². The second kappa shape index (κ2) is 5.32. The molecule has 88 valence electrons. The van der Waals surface area contributed by atoms with Crippen LogP contribution in [0.4, 0.5) is 0 Å². The molecule has 2 N–H and O–H groups in total. The van der Waals surface area contributed by atoms with Crippen molar-refractivity contribution in [3.63, 3.8) is 0 Å². The first kappa shape index (κ1) is 13.0. The second-order valence-electron chi connectivity index (χ2n) is 3.80. The van der Waals surface area contributed by atoms with Crippen LogP contribution in [0.25, 0.3) is 0 Å². The lowest BCUT2D eigenvalue weighted by Crippen LogP contribution is -2.26. The van der Waals surface area contributed by atoms with Crippen molar-refractivity contribution in [3.8, 4) is 0 Å². The molecule has 0 bridgehead atoms. The van der Waals surface area contributed by atoms with Gasteiger partial charge in [0.15, 0.2) is 0 Å². The van der Waals surface area contributed by atoms with Gasteiger partial charge in [0.2, 0.25) is 0 Å². The molecule has 1 unspecified atom stereocenters. The van der Waals surface area contributed by atoms with Crippen LogP contribution < -0.4 is 0 Å². The van der Waals surface area contributed by atoms with Crippen molar-refractivity contribution in [1.29, 1.82) is 0 Å². The summed E-state index contributed by atoms with van der Waals surface area (Å²) < 4.78 is 0. The second-order valence-corrected chi connectivity index (χ2v) is 4.76. The summed E-state index contributed by atoms with van der Waals surface area (Å²) in [4.78, 5) is 14.9. The molecule has 0 saturated heterocycles. The molecule has 0 aromatic carbocycles. The largest absolute Gasteiger partial charge is 0.478 e. The van der Waals surface area contributed by atoms with Crippen molar-refractivity contribution >= 4 is 17.7 Å². The third-order valence-corrected chi connectivity index (χ3v) is 3.65. The Kier molecular flexibility index (Phi) is 4.32. The van der Waals surface area contributed by atoms with Crippen LogP contribution in [0, 0.1) is 0 Å². The van der Waals surface area contributed by atoms with Crippen LogP contribution in [0.2, 0.25) is 0 Å². The summed E-state index contributed by atoms with van der Waals surface area (Å²) in [6, 6.07) is 3.10. The highest BCUT2D eigenvalue weighted by Gasteiger charge is 2.20.